The first-order valence-corrected chi connectivity index (χ1v) is 5.18. The van der Waals surface area contributed by atoms with Crippen molar-refractivity contribution >= 4 is 17.1 Å². The molecule has 3 rings (SSSR count). The number of nitrogens with zero attached hydrogens (tertiary/aromatic N) is 4. The summed E-state index contributed by atoms with van der Waals surface area (Å²) >= 11 is 0. The average molecular weight is 230 g/mol. The topological polar surface area (TPSA) is 92.5 Å². The Morgan fingerprint density at radius 2 is 2.24 bits per heavy atom. The van der Waals surface area contributed by atoms with Gasteiger partial charge in [-0.3, -0.25) is 0 Å². The van der Waals surface area contributed by atoms with Gasteiger partial charge >= 0.3 is 0 Å². The van der Waals surface area contributed by atoms with Gasteiger partial charge in [0, 0.05) is 0 Å². The molecular formula is C10H10N6O. The lowest BCUT2D eigenvalue weighted by Crippen LogP contribution is -2.08. The molecule has 2 aromatic heterocycles. The number of para-hydroxylation sites is 2. The van der Waals surface area contributed by atoms with E-state index in [2.05, 4.69) is 30.9 Å². The third-order valence-corrected chi connectivity index (χ3v) is 2.38. The molecule has 0 fully saturated rings. The van der Waals surface area contributed by atoms with Gasteiger partial charge in [-0.2, -0.15) is 10.2 Å². The van der Waals surface area contributed by atoms with Crippen LogP contribution in [0.5, 0.6) is 0 Å². The van der Waals surface area contributed by atoms with Gasteiger partial charge in [0.15, 0.2) is 11.4 Å². The van der Waals surface area contributed by atoms with Crippen LogP contribution in [-0.4, -0.2) is 25.6 Å². The zero-order chi connectivity index (χ0) is 11.7. The van der Waals surface area contributed by atoms with Gasteiger partial charge in [-0.25, -0.2) is 0 Å². The van der Waals surface area contributed by atoms with Gasteiger partial charge < -0.3 is 9.73 Å². The van der Waals surface area contributed by atoms with E-state index in [1.807, 2.05) is 31.2 Å². The fraction of sp³-hybridized carbons (Fsp3) is 0.200. The fourth-order valence-electron chi connectivity index (χ4n) is 1.54. The Morgan fingerprint density at radius 3 is 3.00 bits per heavy atom. The van der Waals surface area contributed by atoms with E-state index in [9.17, 15) is 0 Å². The molecule has 0 aliphatic carbocycles. The third-order valence-electron chi connectivity index (χ3n) is 2.38. The first-order chi connectivity index (χ1) is 8.33. The summed E-state index contributed by atoms with van der Waals surface area (Å²) in [6.07, 6.45) is 0. The van der Waals surface area contributed by atoms with Crippen molar-refractivity contribution in [3.63, 3.8) is 0 Å². The highest BCUT2D eigenvalue weighted by Gasteiger charge is 2.13. The molecule has 0 aliphatic rings. The molecule has 0 aliphatic heterocycles. The molecule has 2 N–H and O–H groups in total. The maximum atomic E-state index is 5.53. The Hall–Kier alpha value is -2.44. The number of nitrogens with one attached hydrogen (secondary N) is 2. The van der Waals surface area contributed by atoms with E-state index in [0.717, 1.165) is 11.1 Å². The van der Waals surface area contributed by atoms with Crippen molar-refractivity contribution in [2.45, 2.75) is 13.0 Å². The van der Waals surface area contributed by atoms with Crippen molar-refractivity contribution in [3.8, 4) is 0 Å². The van der Waals surface area contributed by atoms with Crippen LogP contribution in [0.2, 0.25) is 0 Å². The summed E-state index contributed by atoms with van der Waals surface area (Å²) in [7, 11) is 0. The Morgan fingerprint density at radius 1 is 1.35 bits per heavy atom. The summed E-state index contributed by atoms with van der Waals surface area (Å²) in [6.45, 7) is 1.90. The summed E-state index contributed by atoms with van der Waals surface area (Å²) in [5.41, 5.74) is 1.56. The number of H-pyrrole nitrogens is 1. The molecular weight excluding hydrogens is 220 g/mol. The molecule has 0 radical (unpaired) electrons. The van der Waals surface area contributed by atoms with Crippen molar-refractivity contribution in [3.05, 3.63) is 30.1 Å². The molecule has 0 saturated heterocycles. The molecule has 0 saturated carbocycles. The third kappa shape index (κ3) is 1.82. The lowest BCUT2D eigenvalue weighted by molar-refractivity contribution is 0.599. The highest BCUT2D eigenvalue weighted by molar-refractivity contribution is 5.74. The number of tetrazole rings is 1. The molecule has 1 atom stereocenters. The monoisotopic (exact) mass is 230 g/mol. The van der Waals surface area contributed by atoms with Crippen LogP contribution in [0.25, 0.3) is 11.1 Å². The maximum absolute atomic E-state index is 5.53. The Balaban J connectivity index is 1.85. The van der Waals surface area contributed by atoms with Crippen molar-refractivity contribution < 1.29 is 4.42 Å². The van der Waals surface area contributed by atoms with Gasteiger partial charge in [0.1, 0.15) is 5.52 Å². The van der Waals surface area contributed by atoms with Gasteiger partial charge in [0.25, 0.3) is 6.01 Å². The van der Waals surface area contributed by atoms with Crippen LogP contribution in [0.4, 0.5) is 6.01 Å². The number of anilines is 1. The van der Waals surface area contributed by atoms with Gasteiger partial charge in [-0.05, 0) is 19.1 Å². The smallest absolute Gasteiger partial charge is 0.296 e. The Bertz CT molecular complexity index is 584. The molecule has 2 heterocycles. The molecule has 0 bridgehead atoms. The van der Waals surface area contributed by atoms with E-state index in [0.29, 0.717) is 11.8 Å². The molecule has 7 nitrogen and oxygen atoms in total. The van der Waals surface area contributed by atoms with Crippen molar-refractivity contribution in [1.82, 2.24) is 25.6 Å². The van der Waals surface area contributed by atoms with Gasteiger partial charge in [-0.15, -0.1) is 10.2 Å². The molecule has 17 heavy (non-hydrogen) atoms. The summed E-state index contributed by atoms with van der Waals surface area (Å²) in [5, 5.41) is 16.7. The molecule has 1 unspecified atom stereocenters. The summed E-state index contributed by atoms with van der Waals surface area (Å²) in [6, 6.07) is 7.90. The second kappa shape index (κ2) is 3.85. The van der Waals surface area contributed by atoms with E-state index in [1.54, 1.807) is 0 Å². The van der Waals surface area contributed by atoms with E-state index < -0.39 is 0 Å². The van der Waals surface area contributed by atoms with Crippen LogP contribution < -0.4 is 5.32 Å². The molecule has 7 heteroatoms. The molecule has 0 amide bonds. The lowest BCUT2D eigenvalue weighted by atomic mass is 10.3. The number of oxazole rings is 1. The Kier molecular flexibility index (Phi) is 2.21. The maximum Gasteiger partial charge on any atom is 0.296 e. The van der Waals surface area contributed by atoms with Crippen LogP contribution in [0.15, 0.2) is 28.7 Å². The highest BCUT2D eigenvalue weighted by Crippen LogP contribution is 2.21. The zero-order valence-electron chi connectivity index (χ0n) is 9.08. The summed E-state index contributed by atoms with van der Waals surface area (Å²) in [5.74, 6) is 0.562. The van der Waals surface area contributed by atoms with Crippen molar-refractivity contribution in [2.75, 3.05) is 5.32 Å². The average Bonchev–Trinajstić information content (AvgIpc) is 2.97. The first-order valence-electron chi connectivity index (χ1n) is 5.18. The standard InChI is InChI=1S/C10H10N6O/c1-6(9-13-15-16-14-9)11-10-12-7-4-2-3-5-8(7)17-10/h2-6H,1H3,(H,11,12)(H,13,14,15,16). The largest absolute Gasteiger partial charge is 0.424 e. The van der Waals surface area contributed by atoms with Gasteiger partial charge in [-0.1, -0.05) is 17.3 Å². The molecule has 3 aromatic rings. The van der Waals surface area contributed by atoms with Crippen molar-refractivity contribution in [1.29, 1.82) is 0 Å². The predicted molar refractivity (Wildman–Crippen MR) is 60.2 cm³/mol. The normalized spacial score (nSPS) is 12.8. The van der Waals surface area contributed by atoms with Crippen LogP contribution in [0, 0.1) is 0 Å². The minimum absolute atomic E-state index is 0.123. The molecule has 86 valence electrons. The highest BCUT2D eigenvalue weighted by atomic mass is 16.4. The summed E-state index contributed by atoms with van der Waals surface area (Å²) in [4.78, 5) is 4.30. The summed E-state index contributed by atoms with van der Waals surface area (Å²) < 4.78 is 5.53. The SMILES string of the molecule is CC(Nc1nc2ccccc2o1)c1nn[nH]n1. The van der Waals surface area contributed by atoms with E-state index in [1.165, 1.54) is 0 Å². The van der Waals surface area contributed by atoms with E-state index >= 15 is 0 Å². The van der Waals surface area contributed by atoms with E-state index in [4.69, 9.17) is 4.42 Å². The first kappa shape index (κ1) is 9.76. The zero-order valence-corrected chi connectivity index (χ0v) is 9.08. The minimum Gasteiger partial charge on any atom is -0.424 e. The van der Waals surface area contributed by atoms with Crippen molar-refractivity contribution in [2.24, 2.45) is 0 Å². The molecule has 1 aromatic carbocycles. The van der Waals surface area contributed by atoms with Crippen LogP contribution >= 0.6 is 0 Å². The number of aromatic amines is 1. The quantitative estimate of drug-likeness (QED) is 0.708. The second-order valence-corrected chi connectivity index (χ2v) is 3.62. The van der Waals surface area contributed by atoms with Gasteiger partial charge in [0.2, 0.25) is 0 Å². The number of fused-ring (bicyclic) bond motifs is 1. The van der Waals surface area contributed by atoms with E-state index in [-0.39, 0.29) is 6.04 Å². The number of hydrogen-bond acceptors (Lipinski definition) is 6. The van der Waals surface area contributed by atoms with Gasteiger partial charge in [0.05, 0.1) is 6.04 Å². The fourth-order valence-corrected chi connectivity index (χ4v) is 1.54. The lowest BCUT2D eigenvalue weighted by Gasteiger charge is -2.05. The number of hydrogen-bond donors (Lipinski definition) is 2. The predicted octanol–water partition coefficient (Wildman–Crippen LogP) is 1.51. The second-order valence-electron chi connectivity index (χ2n) is 3.62. The minimum atomic E-state index is -0.123. The molecule has 0 spiro atoms. The van der Waals surface area contributed by atoms with Crippen LogP contribution in [0.3, 0.4) is 0 Å². The van der Waals surface area contributed by atoms with Crippen LogP contribution in [-0.2, 0) is 0 Å². The van der Waals surface area contributed by atoms with Crippen LogP contribution in [0.1, 0.15) is 18.8 Å². The number of rotatable bonds is 3. The Labute approximate surface area is 96.2 Å². The number of benzene rings is 1. The number of aromatic nitrogens is 5.